The van der Waals surface area contributed by atoms with Crippen molar-refractivity contribution in [2.24, 2.45) is 5.92 Å². The smallest absolute Gasteiger partial charge is 0.231 e. The number of benzene rings is 1. The summed E-state index contributed by atoms with van der Waals surface area (Å²) in [5, 5.41) is 21.3. The highest BCUT2D eigenvalue weighted by molar-refractivity contribution is 7.99. The molecule has 0 spiro atoms. The number of nitrogens with zero attached hydrogens (tertiary/aromatic N) is 4. The van der Waals surface area contributed by atoms with Crippen molar-refractivity contribution in [3.8, 4) is 23.2 Å². The van der Waals surface area contributed by atoms with Gasteiger partial charge in [0.2, 0.25) is 5.91 Å². The van der Waals surface area contributed by atoms with Crippen LogP contribution in [0.5, 0.6) is 5.75 Å². The third-order valence-corrected chi connectivity index (χ3v) is 5.47. The highest BCUT2D eigenvalue weighted by Crippen LogP contribution is 2.25. The Morgan fingerprint density at radius 2 is 2.04 bits per heavy atom. The summed E-state index contributed by atoms with van der Waals surface area (Å²) in [4.78, 5) is 12.3. The van der Waals surface area contributed by atoms with E-state index in [0.717, 1.165) is 17.1 Å². The molecule has 0 aliphatic heterocycles. The lowest BCUT2D eigenvalue weighted by molar-refractivity contribution is -0.120. The maximum Gasteiger partial charge on any atom is 0.231 e. The molecule has 27 heavy (non-hydrogen) atoms. The van der Waals surface area contributed by atoms with E-state index in [9.17, 15) is 10.1 Å². The van der Waals surface area contributed by atoms with Crippen molar-refractivity contribution in [1.29, 1.82) is 5.26 Å². The third-order valence-electron chi connectivity index (χ3n) is 4.50. The second-order valence-corrected chi connectivity index (χ2v) is 7.53. The molecule has 0 radical (unpaired) electrons. The van der Waals surface area contributed by atoms with Gasteiger partial charge in [-0.05, 0) is 44.0 Å². The lowest BCUT2D eigenvalue weighted by Gasteiger charge is -2.27. The van der Waals surface area contributed by atoms with Crippen LogP contribution in [0.25, 0.3) is 11.4 Å². The van der Waals surface area contributed by atoms with Crippen molar-refractivity contribution < 1.29 is 9.53 Å². The number of ether oxygens (including phenoxy) is 1. The summed E-state index contributed by atoms with van der Waals surface area (Å²) in [7, 11) is 1.62. The van der Waals surface area contributed by atoms with E-state index in [1.165, 1.54) is 11.8 Å². The number of aromatic nitrogens is 3. The molecular weight excluding hydrogens is 362 g/mol. The molecule has 1 atom stereocenters. The summed E-state index contributed by atoms with van der Waals surface area (Å²) in [6, 6.07) is 9.78. The minimum absolute atomic E-state index is 0.0115. The molecule has 0 aliphatic carbocycles. The Morgan fingerprint density at radius 1 is 1.37 bits per heavy atom. The summed E-state index contributed by atoms with van der Waals surface area (Å²) in [5.74, 6) is 1.50. The zero-order valence-electron chi connectivity index (χ0n) is 16.3. The monoisotopic (exact) mass is 387 g/mol. The fourth-order valence-corrected chi connectivity index (χ4v) is 3.19. The van der Waals surface area contributed by atoms with Gasteiger partial charge in [-0.15, -0.1) is 10.2 Å². The Morgan fingerprint density at radius 3 is 2.56 bits per heavy atom. The summed E-state index contributed by atoms with van der Waals surface area (Å²) >= 11 is 1.31. The van der Waals surface area contributed by atoms with E-state index in [2.05, 4.69) is 21.6 Å². The molecule has 0 aliphatic rings. The zero-order valence-corrected chi connectivity index (χ0v) is 17.1. The minimum atomic E-state index is -0.885. The maximum absolute atomic E-state index is 12.3. The van der Waals surface area contributed by atoms with E-state index in [4.69, 9.17) is 4.74 Å². The maximum atomic E-state index is 12.3. The number of carbonyl (C=O) groups excluding carboxylic acids is 1. The Bertz CT molecular complexity index is 826. The van der Waals surface area contributed by atoms with Crippen LogP contribution in [0.4, 0.5) is 0 Å². The predicted octanol–water partition coefficient (Wildman–Crippen LogP) is 3.12. The molecule has 1 amide bonds. The van der Waals surface area contributed by atoms with Gasteiger partial charge in [-0.2, -0.15) is 5.26 Å². The first-order valence-corrected chi connectivity index (χ1v) is 9.75. The first-order chi connectivity index (χ1) is 12.8. The Labute approximate surface area is 164 Å². The fraction of sp³-hybridized carbons (Fsp3) is 0.474. The van der Waals surface area contributed by atoms with Crippen LogP contribution in [0, 0.1) is 17.2 Å². The number of rotatable bonds is 8. The molecule has 1 heterocycles. The van der Waals surface area contributed by atoms with Crippen LogP contribution in [-0.2, 0) is 11.3 Å². The molecule has 0 saturated heterocycles. The summed E-state index contributed by atoms with van der Waals surface area (Å²) in [6.45, 7) is 8.24. The van der Waals surface area contributed by atoms with Crippen molar-refractivity contribution in [3.05, 3.63) is 24.3 Å². The highest BCUT2D eigenvalue weighted by Gasteiger charge is 2.30. The van der Waals surface area contributed by atoms with Gasteiger partial charge >= 0.3 is 0 Å². The van der Waals surface area contributed by atoms with Gasteiger partial charge in [0.05, 0.1) is 18.9 Å². The fourth-order valence-electron chi connectivity index (χ4n) is 2.39. The molecular formula is C19H25N5O2S. The standard InChI is InChI=1S/C19H25N5O2S/c1-6-24-17(14-7-9-15(26-5)10-8-14)22-23-18(24)27-11-16(25)21-19(4,12-20)13(2)3/h7-10,13H,6,11H2,1-5H3,(H,21,25). The summed E-state index contributed by atoms with van der Waals surface area (Å²) < 4.78 is 7.15. The van der Waals surface area contributed by atoms with Crippen LogP contribution in [0.1, 0.15) is 27.7 Å². The molecule has 8 heteroatoms. The SMILES string of the molecule is CCn1c(SCC(=O)NC(C)(C#N)C(C)C)nnc1-c1ccc(OC)cc1. The summed E-state index contributed by atoms with van der Waals surface area (Å²) in [5.41, 5.74) is 0.0444. The topological polar surface area (TPSA) is 92.8 Å². The lowest BCUT2D eigenvalue weighted by atomic mass is 9.90. The van der Waals surface area contributed by atoms with Crippen molar-refractivity contribution >= 4 is 17.7 Å². The quantitative estimate of drug-likeness (QED) is 0.700. The van der Waals surface area contributed by atoms with Crippen LogP contribution in [-0.4, -0.2) is 39.1 Å². The molecule has 144 valence electrons. The van der Waals surface area contributed by atoms with Gasteiger partial charge < -0.3 is 14.6 Å². The molecule has 2 rings (SSSR count). The van der Waals surface area contributed by atoms with Crippen LogP contribution in [0.3, 0.4) is 0 Å². The Kier molecular flexibility index (Phi) is 6.86. The zero-order chi connectivity index (χ0) is 20.0. The molecule has 2 aromatic rings. The molecule has 0 fully saturated rings. The van der Waals surface area contributed by atoms with E-state index in [1.807, 2.05) is 49.6 Å². The molecule has 0 saturated carbocycles. The third kappa shape index (κ3) is 4.80. The lowest BCUT2D eigenvalue weighted by Crippen LogP contribution is -2.49. The molecule has 0 bridgehead atoms. The van der Waals surface area contributed by atoms with Gasteiger partial charge in [0.25, 0.3) is 0 Å². The second-order valence-electron chi connectivity index (χ2n) is 6.58. The Balaban J connectivity index is 2.10. The predicted molar refractivity (Wildman–Crippen MR) is 105 cm³/mol. The van der Waals surface area contributed by atoms with Gasteiger partial charge in [-0.3, -0.25) is 4.79 Å². The average molecular weight is 388 g/mol. The van der Waals surface area contributed by atoms with Crippen LogP contribution >= 0.6 is 11.8 Å². The number of carbonyl (C=O) groups is 1. The van der Waals surface area contributed by atoms with Crippen LogP contribution < -0.4 is 10.1 Å². The van der Waals surface area contributed by atoms with Gasteiger partial charge in [0, 0.05) is 12.1 Å². The van der Waals surface area contributed by atoms with E-state index in [1.54, 1.807) is 14.0 Å². The van der Waals surface area contributed by atoms with Crippen molar-refractivity contribution in [3.63, 3.8) is 0 Å². The number of hydrogen-bond donors (Lipinski definition) is 1. The summed E-state index contributed by atoms with van der Waals surface area (Å²) in [6.07, 6.45) is 0. The molecule has 1 unspecified atom stereocenters. The Hall–Kier alpha value is -2.53. The highest BCUT2D eigenvalue weighted by atomic mass is 32.2. The van der Waals surface area contributed by atoms with Gasteiger partial charge in [-0.1, -0.05) is 25.6 Å². The van der Waals surface area contributed by atoms with Crippen molar-refractivity contribution in [2.45, 2.75) is 44.9 Å². The average Bonchev–Trinajstić information content (AvgIpc) is 3.09. The van der Waals surface area contributed by atoms with E-state index in [0.29, 0.717) is 11.7 Å². The molecule has 1 aromatic carbocycles. The van der Waals surface area contributed by atoms with Crippen LogP contribution in [0.15, 0.2) is 29.4 Å². The van der Waals surface area contributed by atoms with E-state index >= 15 is 0 Å². The number of nitriles is 1. The van der Waals surface area contributed by atoms with E-state index in [-0.39, 0.29) is 17.6 Å². The van der Waals surface area contributed by atoms with Gasteiger partial charge in [-0.25, -0.2) is 0 Å². The molecule has 1 aromatic heterocycles. The van der Waals surface area contributed by atoms with Gasteiger partial charge in [0.15, 0.2) is 11.0 Å². The van der Waals surface area contributed by atoms with Crippen LogP contribution in [0.2, 0.25) is 0 Å². The number of amides is 1. The van der Waals surface area contributed by atoms with Crippen molar-refractivity contribution in [2.75, 3.05) is 12.9 Å². The number of methoxy groups -OCH3 is 1. The minimum Gasteiger partial charge on any atom is -0.497 e. The largest absolute Gasteiger partial charge is 0.497 e. The number of thioether (sulfide) groups is 1. The normalized spacial score (nSPS) is 13.1. The van der Waals surface area contributed by atoms with E-state index < -0.39 is 5.54 Å². The molecule has 1 N–H and O–H groups in total. The van der Waals surface area contributed by atoms with Crippen molar-refractivity contribution in [1.82, 2.24) is 20.1 Å². The molecule has 7 nitrogen and oxygen atoms in total. The number of hydrogen-bond acceptors (Lipinski definition) is 6. The number of nitrogens with one attached hydrogen (secondary N) is 1. The second kappa shape index (κ2) is 8.91. The first kappa shape index (κ1) is 20.8. The first-order valence-electron chi connectivity index (χ1n) is 8.77. The van der Waals surface area contributed by atoms with Gasteiger partial charge in [0.1, 0.15) is 11.3 Å².